The number of rotatable bonds is 6. The molecule has 0 amide bonds. The molecule has 0 rings (SSSR count). The van der Waals surface area contributed by atoms with Crippen molar-refractivity contribution in [3.05, 3.63) is 10.8 Å². The maximum Gasteiger partial charge on any atom is 0.0328 e. The van der Waals surface area contributed by atoms with Crippen molar-refractivity contribution in [1.29, 1.82) is 0 Å². The van der Waals surface area contributed by atoms with Crippen LogP contribution in [0.25, 0.3) is 0 Å². The molecule has 2 heteroatoms. The van der Waals surface area contributed by atoms with Gasteiger partial charge in [-0.15, -0.1) is 23.5 Å². The van der Waals surface area contributed by atoms with Gasteiger partial charge in [0.25, 0.3) is 0 Å². The minimum Gasteiger partial charge on any atom is -0.120 e. The van der Waals surface area contributed by atoms with Crippen LogP contribution in [0.15, 0.2) is 10.8 Å². The van der Waals surface area contributed by atoms with E-state index in [1.807, 2.05) is 23.5 Å². The van der Waals surface area contributed by atoms with E-state index in [1.54, 1.807) is 0 Å². The second kappa shape index (κ2) is 7.55. The van der Waals surface area contributed by atoms with Crippen LogP contribution in [-0.2, 0) is 0 Å². The zero-order valence-electron chi connectivity index (χ0n) is 6.85. The first-order valence-corrected chi connectivity index (χ1v) is 5.72. The topological polar surface area (TPSA) is 0 Å². The fraction of sp³-hybridized carbons (Fsp3) is 0.750. The predicted molar refractivity (Wildman–Crippen MR) is 54.6 cm³/mol. The monoisotopic (exact) mass is 176 g/mol. The van der Waals surface area contributed by atoms with Gasteiger partial charge >= 0.3 is 0 Å². The molecule has 0 heterocycles. The van der Waals surface area contributed by atoms with E-state index in [-0.39, 0.29) is 0 Å². The highest BCUT2D eigenvalue weighted by Gasteiger charge is 1.92. The van der Waals surface area contributed by atoms with Gasteiger partial charge in [-0.3, -0.25) is 0 Å². The summed E-state index contributed by atoms with van der Waals surface area (Å²) in [6.07, 6.45) is 2.49. The average Bonchev–Trinajstić information content (AvgIpc) is 1.97. The molecule has 0 bridgehead atoms. The molecule has 0 N–H and O–H groups in total. The van der Waals surface area contributed by atoms with Crippen LogP contribution in [0.4, 0.5) is 0 Å². The Hall–Kier alpha value is 0.440. The molecule has 0 aliphatic rings. The molecule has 0 unspecified atom stereocenters. The maximum absolute atomic E-state index is 3.96. The van der Waals surface area contributed by atoms with Crippen molar-refractivity contribution in [3.63, 3.8) is 0 Å². The van der Waals surface area contributed by atoms with E-state index in [4.69, 9.17) is 0 Å². The molecular weight excluding hydrogens is 160 g/mol. The molecule has 0 aliphatic carbocycles. The van der Waals surface area contributed by atoms with Crippen LogP contribution in [0.5, 0.6) is 0 Å². The molecule has 0 atom stereocenters. The lowest BCUT2D eigenvalue weighted by Crippen LogP contribution is -1.76. The number of hydrogen-bond donors (Lipinski definition) is 0. The van der Waals surface area contributed by atoms with E-state index >= 15 is 0 Å². The summed E-state index contributed by atoms with van der Waals surface area (Å²) in [4.78, 5) is 0. The molecule has 0 nitrogen and oxygen atoms in total. The molecule has 0 radical (unpaired) electrons. The van der Waals surface area contributed by atoms with Crippen LogP contribution in [0.1, 0.15) is 26.7 Å². The van der Waals surface area contributed by atoms with E-state index in [9.17, 15) is 0 Å². The van der Waals surface area contributed by atoms with E-state index in [0.29, 0.717) is 0 Å². The Balaban J connectivity index is 3.09. The quantitative estimate of drug-likeness (QED) is 0.604. The van der Waals surface area contributed by atoms with Crippen LogP contribution in [0.3, 0.4) is 0 Å². The largest absolute Gasteiger partial charge is 0.120 e. The maximum atomic E-state index is 3.96. The Morgan fingerprint density at radius 2 is 1.50 bits per heavy atom. The lowest BCUT2D eigenvalue weighted by molar-refractivity contribution is 1.11. The molecule has 0 aromatic heterocycles. The molecule has 0 fully saturated rings. The summed E-state index contributed by atoms with van der Waals surface area (Å²) in [6, 6.07) is 0. The number of hydrogen-bond acceptors (Lipinski definition) is 2. The Kier molecular flexibility index (Phi) is 7.88. The highest BCUT2D eigenvalue weighted by Crippen LogP contribution is 2.26. The molecule has 0 aromatic rings. The second-order valence-electron chi connectivity index (χ2n) is 2.07. The van der Waals surface area contributed by atoms with Gasteiger partial charge in [-0.25, -0.2) is 0 Å². The van der Waals surface area contributed by atoms with Gasteiger partial charge in [0.2, 0.25) is 0 Å². The summed E-state index contributed by atoms with van der Waals surface area (Å²) < 4.78 is 1.28. The van der Waals surface area contributed by atoms with Gasteiger partial charge in [-0.05, 0) is 24.3 Å². The Labute approximate surface area is 72.9 Å². The minimum atomic E-state index is 1.22. The van der Waals surface area contributed by atoms with Gasteiger partial charge in [0, 0.05) is 4.24 Å². The first-order valence-electron chi connectivity index (χ1n) is 3.75. The first kappa shape index (κ1) is 10.4. The Bertz CT molecular complexity index is 79.3. The molecule has 10 heavy (non-hydrogen) atoms. The summed E-state index contributed by atoms with van der Waals surface area (Å²) in [5, 5.41) is 0. The molecule has 0 aromatic carbocycles. The van der Waals surface area contributed by atoms with Crippen molar-refractivity contribution < 1.29 is 0 Å². The van der Waals surface area contributed by atoms with Crippen LogP contribution < -0.4 is 0 Å². The van der Waals surface area contributed by atoms with Gasteiger partial charge < -0.3 is 0 Å². The van der Waals surface area contributed by atoms with Crippen molar-refractivity contribution >= 4 is 23.5 Å². The highest BCUT2D eigenvalue weighted by molar-refractivity contribution is 8.22. The van der Waals surface area contributed by atoms with Crippen molar-refractivity contribution in [1.82, 2.24) is 0 Å². The van der Waals surface area contributed by atoms with Crippen LogP contribution in [0.2, 0.25) is 0 Å². The lowest BCUT2D eigenvalue weighted by atomic mass is 10.6. The Morgan fingerprint density at radius 1 is 1.10 bits per heavy atom. The molecule has 0 saturated heterocycles. The van der Waals surface area contributed by atoms with Crippen molar-refractivity contribution in [3.8, 4) is 0 Å². The number of thioether (sulfide) groups is 2. The first-order chi connectivity index (χ1) is 4.81. The highest BCUT2D eigenvalue weighted by atomic mass is 32.2. The average molecular weight is 176 g/mol. The van der Waals surface area contributed by atoms with Crippen LogP contribution in [0, 0.1) is 0 Å². The van der Waals surface area contributed by atoms with E-state index in [0.717, 1.165) is 0 Å². The molecule has 0 aliphatic heterocycles. The van der Waals surface area contributed by atoms with E-state index < -0.39 is 0 Å². The fourth-order valence-corrected chi connectivity index (χ4v) is 2.17. The zero-order chi connectivity index (χ0) is 7.82. The summed E-state index contributed by atoms with van der Waals surface area (Å²) in [6.45, 7) is 8.35. The molecule has 0 spiro atoms. The van der Waals surface area contributed by atoms with Crippen molar-refractivity contribution in [2.45, 2.75) is 26.7 Å². The predicted octanol–water partition coefficient (Wildman–Crippen LogP) is 3.74. The molecular formula is C8H16S2. The van der Waals surface area contributed by atoms with Gasteiger partial charge in [0.1, 0.15) is 0 Å². The Morgan fingerprint density at radius 3 is 1.80 bits per heavy atom. The third-order valence-corrected chi connectivity index (χ3v) is 3.51. The summed E-state index contributed by atoms with van der Waals surface area (Å²) in [5.74, 6) is 2.44. The van der Waals surface area contributed by atoms with Gasteiger partial charge in [-0.2, -0.15) is 0 Å². The van der Waals surface area contributed by atoms with Gasteiger partial charge in [0.15, 0.2) is 0 Å². The second-order valence-corrected chi connectivity index (χ2v) is 4.71. The minimum absolute atomic E-state index is 1.22. The van der Waals surface area contributed by atoms with Gasteiger partial charge in [0.05, 0.1) is 0 Å². The summed E-state index contributed by atoms with van der Waals surface area (Å²) in [5.41, 5.74) is 0. The lowest BCUT2D eigenvalue weighted by Gasteiger charge is -2.01. The van der Waals surface area contributed by atoms with Crippen molar-refractivity contribution in [2.24, 2.45) is 0 Å². The zero-order valence-corrected chi connectivity index (χ0v) is 8.49. The SMILES string of the molecule is C=C(SCCC)SCCC. The standard InChI is InChI=1S/C8H16S2/c1-4-6-9-8(3)10-7-5-2/h3-7H2,1-2H3. The smallest absolute Gasteiger partial charge is 0.0328 e. The van der Waals surface area contributed by atoms with Crippen LogP contribution >= 0.6 is 23.5 Å². The molecule has 60 valence electrons. The van der Waals surface area contributed by atoms with E-state index in [1.165, 1.54) is 28.6 Å². The van der Waals surface area contributed by atoms with Crippen LogP contribution in [-0.4, -0.2) is 11.5 Å². The molecule has 0 saturated carbocycles. The van der Waals surface area contributed by atoms with Gasteiger partial charge in [-0.1, -0.05) is 20.4 Å². The third kappa shape index (κ3) is 6.56. The fourth-order valence-electron chi connectivity index (χ4n) is 0.473. The van der Waals surface area contributed by atoms with Crippen molar-refractivity contribution in [2.75, 3.05) is 11.5 Å². The summed E-state index contributed by atoms with van der Waals surface area (Å²) in [7, 11) is 0. The normalized spacial score (nSPS) is 9.80. The van der Waals surface area contributed by atoms with E-state index in [2.05, 4.69) is 20.4 Å². The summed E-state index contributed by atoms with van der Waals surface area (Å²) >= 11 is 3.77. The third-order valence-electron chi connectivity index (χ3n) is 0.934.